The molecule has 1 aromatic carbocycles. The summed E-state index contributed by atoms with van der Waals surface area (Å²) in [7, 11) is 3.03. The molecule has 2 rings (SSSR count). The molecule has 0 spiro atoms. The van der Waals surface area contributed by atoms with E-state index in [1.807, 2.05) is 6.07 Å². The topological polar surface area (TPSA) is 104 Å². The summed E-state index contributed by atoms with van der Waals surface area (Å²) in [5.41, 5.74) is 6.81. The van der Waals surface area contributed by atoms with Crippen LogP contribution >= 0.6 is 0 Å². The zero-order chi connectivity index (χ0) is 18.6. The highest BCUT2D eigenvalue weighted by Crippen LogP contribution is 2.43. The Morgan fingerprint density at radius 2 is 2.08 bits per heavy atom. The maximum Gasteiger partial charge on any atom is 0.338 e. The van der Waals surface area contributed by atoms with E-state index in [0.29, 0.717) is 17.1 Å². The average Bonchev–Trinajstić information content (AvgIpc) is 2.60. The number of methoxy groups -OCH3 is 2. The van der Waals surface area contributed by atoms with Gasteiger partial charge >= 0.3 is 5.97 Å². The van der Waals surface area contributed by atoms with Crippen molar-refractivity contribution < 1.29 is 23.7 Å². The number of nitrogens with zero attached hydrogens (tertiary/aromatic N) is 1. The monoisotopic (exact) mass is 344 g/mol. The lowest BCUT2D eigenvalue weighted by Crippen LogP contribution is -2.25. The second-order valence-electron chi connectivity index (χ2n) is 5.22. The quantitative estimate of drug-likeness (QED) is 0.818. The van der Waals surface area contributed by atoms with Gasteiger partial charge < -0.3 is 24.7 Å². The summed E-state index contributed by atoms with van der Waals surface area (Å²) in [4.78, 5) is 12.5. The van der Waals surface area contributed by atoms with E-state index < -0.39 is 11.9 Å². The second kappa shape index (κ2) is 7.62. The Labute approximate surface area is 146 Å². The molecule has 0 aromatic heterocycles. The van der Waals surface area contributed by atoms with Crippen LogP contribution in [0.15, 0.2) is 41.0 Å². The number of hydrogen-bond donors (Lipinski definition) is 1. The first-order valence-corrected chi connectivity index (χ1v) is 7.65. The highest BCUT2D eigenvalue weighted by atomic mass is 16.5. The molecule has 0 unspecified atom stereocenters. The number of nitrogens with two attached hydrogens (primary N) is 1. The first kappa shape index (κ1) is 18.2. The summed E-state index contributed by atoms with van der Waals surface area (Å²) in [6.45, 7) is 3.51. The molecule has 1 aliphatic rings. The van der Waals surface area contributed by atoms with E-state index in [1.54, 1.807) is 32.0 Å². The number of hydrogen-bond acceptors (Lipinski definition) is 7. The third-order valence-corrected chi connectivity index (χ3v) is 3.85. The minimum atomic E-state index is -0.751. The van der Waals surface area contributed by atoms with Crippen LogP contribution in [-0.2, 0) is 14.3 Å². The molecule has 0 radical (unpaired) electrons. The Morgan fingerprint density at radius 3 is 2.64 bits per heavy atom. The van der Waals surface area contributed by atoms with E-state index in [9.17, 15) is 10.1 Å². The van der Waals surface area contributed by atoms with Gasteiger partial charge in [0.1, 0.15) is 28.9 Å². The molecule has 25 heavy (non-hydrogen) atoms. The van der Waals surface area contributed by atoms with Gasteiger partial charge in [0.2, 0.25) is 5.88 Å². The summed E-state index contributed by atoms with van der Waals surface area (Å²) < 4.78 is 21.1. The van der Waals surface area contributed by atoms with Gasteiger partial charge in [0.05, 0.1) is 32.3 Å². The van der Waals surface area contributed by atoms with Crippen LogP contribution in [0.5, 0.6) is 11.5 Å². The van der Waals surface area contributed by atoms with Crippen LogP contribution in [0.2, 0.25) is 0 Å². The van der Waals surface area contributed by atoms with Crippen LogP contribution < -0.4 is 15.2 Å². The fraction of sp³-hybridized carbons (Fsp3) is 0.333. The molecule has 0 saturated heterocycles. The number of nitriles is 1. The van der Waals surface area contributed by atoms with Gasteiger partial charge in [0.25, 0.3) is 0 Å². The Morgan fingerprint density at radius 1 is 1.36 bits per heavy atom. The minimum Gasteiger partial charge on any atom is -0.497 e. The van der Waals surface area contributed by atoms with Crippen molar-refractivity contribution in [1.29, 1.82) is 5.26 Å². The summed E-state index contributed by atoms with van der Waals surface area (Å²) >= 11 is 0. The first-order valence-electron chi connectivity index (χ1n) is 7.65. The number of carbonyl (C=O) groups excluding carboxylic acids is 1. The van der Waals surface area contributed by atoms with Crippen LogP contribution in [0.1, 0.15) is 25.3 Å². The van der Waals surface area contributed by atoms with Gasteiger partial charge in [-0.2, -0.15) is 5.26 Å². The van der Waals surface area contributed by atoms with E-state index in [-0.39, 0.29) is 29.4 Å². The normalized spacial score (nSPS) is 16.8. The SMILES string of the molecule is CCOC(=O)C1=C(C)OC(N)=C(C#N)[C@@H]1c1ccc(OC)cc1OC. The van der Waals surface area contributed by atoms with Crippen molar-refractivity contribution in [3.05, 3.63) is 46.6 Å². The second-order valence-corrected chi connectivity index (χ2v) is 5.22. The molecule has 0 saturated carbocycles. The third kappa shape index (κ3) is 3.38. The summed E-state index contributed by atoms with van der Waals surface area (Å²) in [5, 5.41) is 9.57. The van der Waals surface area contributed by atoms with Gasteiger partial charge in [-0.05, 0) is 19.9 Å². The predicted octanol–water partition coefficient (Wildman–Crippen LogP) is 2.35. The molecule has 0 amide bonds. The van der Waals surface area contributed by atoms with Crippen molar-refractivity contribution in [2.24, 2.45) is 5.73 Å². The number of allylic oxidation sites excluding steroid dienone is 2. The standard InChI is InChI=1S/C18H20N2O5/c1-5-24-18(21)15-10(2)25-17(20)13(9-19)16(15)12-7-6-11(22-3)8-14(12)23-4/h6-8,16H,5,20H2,1-4H3/t16-/m0/s1. The highest BCUT2D eigenvalue weighted by Gasteiger charge is 2.37. The lowest BCUT2D eigenvalue weighted by Gasteiger charge is -2.27. The van der Waals surface area contributed by atoms with Gasteiger partial charge in [0, 0.05) is 11.6 Å². The number of esters is 1. The van der Waals surface area contributed by atoms with E-state index in [2.05, 4.69) is 0 Å². The Bertz CT molecular complexity index is 789. The Balaban J connectivity index is 2.69. The van der Waals surface area contributed by atoms with E-state index in [1.165, 1.54) is 14.2 Å². The van der Waals surface area contributed by atoms with Gasteiger partial charge in [-0.1, -0.05) is 6.07 Å². The molecule has 1 aliphatic heterocycles. The molecule has 0 fully saturated rings. The van der Waals surface area contributed by atoms with Crippen LogP contribution in [0.4, 0.5) is 0 Å². The zero-order valence-corrected chi connectivity index (χ0v) is 14.6. The summed E-state index contributed by atoms with van der Waals surface area (Å²) in [6.07, 6.45) is 0. The predicted molar refractivity (Wildman–Crippen MR) is 89.5 cm³/mol. The Kier molecular flexibility index (Phi) is 5.55. The van der Waals surface area contributed by atoms with Crippen molar-refractivity contribution >= 4 is 5.97 Å². The maximum atomic E-state index is 12.5. The third-order valence-electron chi connectivity index (χ3n) is 3.85. The van der Waals surface area contributed by atoms with Gasteiger partial charge in [-0.25, -0.2) is 4.79 Å². The molecule has 7 nitrogen and oxygen atoms in total. The molecule has 132 valence electrons. The number of ether oxygens (including phenoxy) is 4. The molecule has 7 heteroatoms. The van der Waals surface area contributed by atoms with Gasteiger partial charge in [-0.15, -0.1) is 0 Å². The van der Waals surface area contributed by atoms with Crippen molar-refractivity contribution in [2.45, 2.75) is 19.8 Å². The number of rotatable bonds is 5. The zero-order valence-electron chi connectivity index (χ0n) is 14.6. The number of carbonyl (C=O) groups is 1. The molecule has 1 aromatic rings. The molecule has 1 atom stereocenters. The molecule has 0 aliphatic carbocycles. The molecule has 2 N–H and O–H groups in total. The lowest BCUT2D eigenvalue weighted by atomic mass is 9.82. The smallest absolute Gasteiger partial charge is 0.338 e. The maximum absolute atomic E-state index is 12.5. The van der Waals surface area contributed by atoms with Gasteiger partial charge in [-0.3, -0.25) is 0 Å². The van der Waals surface area contributed by atoms with Crippen molar-refractivity contribution in [3.63, 3.8) is 0 Å². The molecular weight excluding hydrogens is 324 g/mol. The van der Waals surface area contributed by atoms with E-state index in [4.69, 9.17) is 24.7 Å². The molecular formula is C18H20N2O5. The first-order chi connectivity index (χ1) is 12.0. The fourth-order valence-corrected chi connectivity index (χ4v) is 2.72. The fourth-order valence-electron chi connectivity index (χ4n) is 2.72. The van der Waals surface area contributed by atoms with Crippen LogP contribution in [0.3, 0.4) is 0 Å². The molecule has 1 heterocycles. The van der Waals surface area contributed by atoms with Crippen LogP contribution in [0, 0.1) is 11.3 Å². The van der Waals surface area contributed by atoms with E-state index in [0.717, 1.165) is 0 Å². The largest absolute Gasteiger partial charge is 0.497 e. The lowest BCUT2D eigenvalue weighted by molar-refractivity contribution is -0.139. The van der Waals surface area contributed by atoms with Crippen molar-refractivity contribution in [1.82, 2.24) is 0 Å². The summed E-state index contributed by atoms with van der Waals surface area (Å²) in [5.74, 6) is -0.0292. The highest BCUT2D eigenvalue weighted by molar-refractivity contribution is 5.92. The average molecular weight is 344 g/mol. The van der Waals surface area contributed by atoms with Crippen molar-refractivity contribution in [2.75, 3.05) is 20.8 Å². The van der Waals surface area contributed by atoms with Crippen molar-refractivity contribution in [3.8, 4) is 17.6 Å². The Hall–Kier alpha value is -3.14. The minimum absolute atomic E-state index is 0.0454. The van der Waals surface area contributed by atoms with Gasteiger partial charge in [0.15, 0.2) is 0 Å². The van der Waals surface area contributed by atoms with Crippen LogP contribution in [0.25, 0.3) is 0 Å². The molecule has 0 bridgehead atoms. The van der Waals surface area contributed by atoms with E-state index >= 15 is 0 Å². The number of benzene rings is 1. The summed E-state index contributed by atoms with van der Waals surface area (Å²) in [6, 6.07) is 7.15. The van der Waals surface area contributed by atoms with Crippen LogP contribution in [-0.4, -0.2) is 26.8 Å².